The molecule has 0 unspecified atom stereocenters. The lowest BCUT2D eigenvalue weighted by Crippen LogP contribution is -1.99. The first-order valence-electron chi connectivity index (χ1n) is 5.12. The van der Waals surface area contributed by atoms with E-state index >= 15 is 0 Å². The van der Waals surface area contributed by atoms with Crippen molar-refractivity contribution in [1.29, 1.82) is 0 Å². The Morgan fingerprint density at radius 1 is 1.44 bits per heavy atom. The van der Waals surface area contributed by atoms with Crippen molar-refractivity contribution in [3.8, 4) is 0 Å². The summed E-state index contributed by atoms with van der Waals surface area (Å²) in [6, 6.07) is 5.10. The Labute approximate surface area is 102 Å². The van der Waals surface area contributed by atoms with E-state index in [0.29, 0.717) is 5.52 Å². The van der Waals surface area contributed by atoms with Gasteiger partial charge in [0.2, 0.25) is 0 Å². The fourth-order valence-corrected chi connectivity index (χ4v) is 2.15. The fourth-order valence-electron chi connectivity index (χ4n) is 1.72. The van der Waals surface area contributed by atoms with Crippen molar-refractivity contribution in [2.75, 3.05) is 12.4 Å². The molecule has 0 spiro atoms. The van der Waals surface area contributed by atoms with E-state index in [-0.39, 0.29) is 5.82 Å². The summed E-state index contributed by atoms with van der Waals surface area (Å²) in [5.41, 5.74) is 1.48. The van der Waals surface area contributed by atoms with E-state index in [1.807, 2.05) is 6.07 Å². The highest BCUT2D eigenvalue weighted by atomic mass is 79.9. The lowest BCUT2D eigenvalue weighted by molar-refractivity contribution is 0.636. The topological polar surface area (TPSA) is 24.9 Å². The first kappa shape index (κ1) is 11.3. The molecular formula is C12H12BrFN2. The van der Waals surface area contributed by atoms with Crippen molar-refractivity contribution >= 4 is 32.7 Å². The Hall–Kier alpha value is -1.16. The van der Waals surface area contributed by atoms with Crippen LogP contribution in [0.2, 0.25) is 0 Å². The summed E-state index contributed by atoms with van der Waals surface area (Å²) in [5.74, 6) is 0.448. The van der Waals surface area contributed by atoms with Gasteiger partial charge in [0.05, 0.1) is 0 Å². The van der Waals surface area contributed by atoms with Crippen LogP contribution in [0.1, 0.15) is 12.5 Å². The van der Waals surface area contributed by atoms with Crippen LogP contribution in [0.15, 0.2) is 22.7 Å². The maximum Gasteiger partial charge on any atom is 0.149 e. The van der Waals surface area contributed by atoms with Gasteiger partial charge >= 0.3 is 0 Å². The zero-order valence-corrected chi connectivity index (χ0v) is 10.7. The normalized spacial score (nSPS) is 10.8. The predicted molar refractivity (Wildman–Crippen MR) is 68.3 cm³/mol. The van der Waals surface area contributed by atoms with Crippen LogP contribution in [0, 0.1) is 5.82 Å². The van der Waals surface area contributed by atoms with E-state index in [2.05, 4.69) is 33.2 Å². The Kier molecular flexibility index (Phi) is 3.10. The summed E-state index contributed by atoms with van der Waals surface area (Å²) >= 11 is 3.41. The second-order valence-electron chi connectivity index (χ2n) is 3.53. The number of fused-ring (bicyclic) bond motifs is 1. The molecule has 0 aliphatic rings. The predicted octanol–water partition coefficient (Wildman–Crippen LogP) is 3.74. The summed E-state index contributed by atoms with van der Waals surface area (Å²) < 4.78 is 14.5. The van der Waals surface area contributed by atoms with Crippen LogP contribution in [0.3, 0.4) is 0 Å². The summed E-state index contributed by atoms with van der Waals surface area (Å²) in [5, 5.41) is 3.81. The number of hydrogen-bond donors (Lipinski definition) is 1. The minimum atomic E-state index is -0.294. The number of aromatic nitrogens is 1. The highest BCUT2D eigenvalue weighted by Crippen LogP contribution is 2.28. The molecule has 4 heteroatoms. The number of rotatable bonds is 2. The molecule has 2 aromatic rings. The Bertz CT molecular complexity index is 492. The molecule has 2 nitrogen and oxygen atoms in total. The van der Waals surface area contributed by atoms with Gasteiger partial charge in [-0.15, -0.1) is 0 Å². The smallest absolute Gasteiger partial charge is 0.149 e. The van der Waals surface area contributed by atoms with Gasteiger partial charge in [-0.05, 0) is 30.2 Å². The molecule has 2 rings (SSSR count). The molecule has 0 amide bonds. The van der Waals surface area contributed by atoms with Crippen molar-refractivity contribution in [3.05, 3.63) is 34.1 Å². The molecule has 1 aromatic heterocycles. The van der Waals surface area contributed by atoms with Crippen molar-refractivity contribution in [3.63, 3.8) is 0 Å². The number of nitrogens with zero attached hydrogens (tertiary/aromatic N) is 1. The zero-order chi connectivity index (χ0) is 11.7. The zero-order valence-electron chi connectivity index (χ0n) is 9.14. The highest BCUT2D eigenvalue weighted by molar-refractivity contribution is 9.10. The molecule has 0 fully saturated rings. The van der Waals surface area contributed by atoms with E-state index < -0.39 is 0 Å². The first-order valence-corrected chi connectivity index (χ1v) is 5.92. The van der Waals surface area contributed by atoms with Gasteiger partial charge in [0, 0.05) is 16.9 Å². The molecule has 0 atom stereocenters. The van der Waals surface area contributed by atoms with Gasteiger partial charge in [-0.2, -0.15) is 0 Å². The van der Waals surface area contributed by atoms with Crippen LogP contribution in [0.25, 0.3) is 10.9 Å². The molecule has 0 radical (unpaired) electrons. The number of benzene rings is 1. The van der Waals surface area contributed by atoms with E-state index in [0.717, 1.165) is 27.7 Å². The molecular weight excluding hydrogens is 271 g/mol. The van der Waals surface area contributed by atoms with Crippen LogP contribution in [0.4, 0.5) is 10.2 Å². The lowest BCUT2D eigenvalue weighted by Gasteiger charge is -2.09. The van der Waals surface area contributed by atoms with Crippen molar-refractivity contribution in [1.82, 2.24) is 4.98 Å². The Balaban J connectivity index is 2.82. The third-order valence-electron chi connectivity index (χ3n) is 2.58. The average molecular weight is 283 g/mol. The second-order valence-corrected chi connectivity index (χ2v) is 4.38. The number of aryl methyl sites for hydroxylation is 1. The van der Waals surface area contributed by atoms with Crippen LogP contribution in [-0.4, -0.2) is 12.0 Å². The maximum atomic E-state index is 13.6. The minimum Gasteiger partial charge on any atom is -0.373 e. The third-order valence-corrected chi connectivity index (χ3v) is 3.27. The van der Waals surface area contributed by atoms with E-state index in [1.165, 1.54) is 6.07 Å². The molecule has 1 N–H and O–H groups in total. The molecule has 0 saturated heterocycles. The number of hydrogen-bond acceptors (Lipinski definition) is 2. The molecule has 1 aromatic carbocycles. The fraction of sp³-hybridized carbons (Fsp3) is 0.250. The van der Waals surface area contributed by atoms with Gasteiger partial charge in [0.15, 0.2) is 0 Å². The number of nitrogens with one attached hydrogen (secondary N) is 1. The SMILES string of the molecule is CCc1cc2c(Br)ccc(F)c2nc1NC. The molecule has 0 saturated carbocycles. The number of pyridine rings is 1. The van der Waals surface area contributed by atoms with Crippen LogP contribution in [-0.2, 0) is 6.42 Å². The summed E-state index contributed by atoms with van der Waals surface area (Å²) in [6.45, 7) is 2.05. The quantitative estimate of drug-likeness (QED) is 0.908. The molecule has 84 valence electrons. The van der Waals surface area contributed by atoms with Gasteiger partial charge in [0.1, 0.15) is 17.2 Å². The number of anilines is 1. The van der Waals surface area contributed by atoms with Crippen LogP contribution >= 0.6 is 15.9 Å². The number of halogens is 2. The minimum absolute atomic E-state index is 0.294. The summed E-state index contributed by atoms with van der Waals surface area (Å²) in [7, 11) is 1.79. The third kappa shape index (κ3) is 1.78. The largest absolute Gasteiger partial charge is 0.373 e. The lowest BCUT2D eigenvalue weighted by atomic mass is 10.1. The van der Waals surface area contributed by atoms with Crippen molar-refractivity contribution < 1.29 is 4.39 Å². The maximum absolute atomic E-state index is 13.6. The van der Waals surface area contributed by atoms with Crippen LogP contribution in [0.5, 0.6) is 0 Å². The summed E-state index contributed by atoms with van der Waals surface area (Å²) in [4.78, 5) is 4.31. The molecule has 0 aliphatic carbocycles. The van der Waals surface area contributed by atoms with E-state index in [9.17, 15) is 4.39 Å². The van der Waals surface area contributed by atoms with Gasteiger partial charge in [-0.25, -0.2) is 9.37 Å². The molecule has 1 heterocycles. The van der Waals surface area contributed by atoms with E-state index in [1.54, 1.807) is 13.1 Å². The molecule has 0 aliphatic heterocycles. The highest BCUT2D eigenvalue weighted by Gasteiger charge is 2.10. The average Bonchev–Trinajstić information content (AvgIpc) is 2.32. The van der Waals surface area contributed by atoms with Gasteiger partial charge < -0.3 is 5.32 Å². The first-order chi connectivity index (χ1) is 7.67. The van der Waals surface area contributed by atoms with E-state index in [4.69, 9.17) is 0 Å². The van der Waals surface area contributed by atoms with Crippen molar-refractivity contribution in [2.24, 2.45) is 0 Å². The monoisotopic (exact) mass is 282 g/mol. The van der Waals surface area contributed by atoms with Crippen LogP contribution < -0.4 is 5.32 Å². The second kappa shape index (κ2) is 4.37. The van der Waals surface area contributed by atoms with Gasteiger partial charge in [0.25, 0.3) is 0 Å². The molecule has 16 heavy (non-hydrogen) atoms. The Morgan fingerprint density at radius 2 is 2.19 bits per heavy atom. The van der Waals surface area contributed by atoms with Gasteiger partial charge in [-0.3, -0.25) is 0 Å². The van der Waals surface area contributed by atoms with Gasteiger partial charge in [-0.1, -0.05) is 22.9 Å². The standard InChI is InChI=1S/C12H12BrFN2/c1-3-7-6-8-9(13)4-5-10(14)11(8)16-12(7)15-2/h4-6H,3H2,1-2H3,(H,15,16). The molecule has 0 bridgehead atoms. The Morgan fingerprint density at radius 3 is 2.81 bits per heavy atom. The summed E-state index contributed by atoms with van der Waals surface area (Å²) in [6.07, 6.45) is 0.863. The van der Waals surface area contributed by atoms with Crippen molar-refractivity contribution in [2.45, 2.75) is 13.3 Å².